The first-order valence-corrected chi connectivity index (χ1v) is 11.0. The molecular weight excluding hydrogens is 366 g/mol. The molecule has 29 heavy (non-hydrogen) atoms. The van der Waals surface area contributed by atoms with E-state index in [0.29, 0.717) is 38.5 Å². The molecule has 6 nitrogen and oxygen atoms in total. The van der Waals surface area contributed by atoms with Gasteiger partial charge in [0, 0.05) is 31.6 Å². The van der Waals surface area contributed by atoms with Crippen LogP contribution in [0.2, 0.25) is 0 Å². The molecule has 2 fully saturated rings. The number of piperidine rings is 2. The standard InChI is InChI=1S/C23H35N3O3/c1-18-8-12-25(13-9-18)19(2)16-24-22(27)21-10-14-26(15-11-21)23(28)29-17-20-6-4-3-5-7-20/h3-7,18-19,21H,8-17H2,1-2H3,(H,24,27). The van der Waals surface area contributed by atoms with E-state index < -0.39 is 0 Å². The van der Waals surface area contributed by atoms with Crippen molar-refractivity contribution in [1.29, 1.82) is 0 Å². The Hall–Kier alpha value is -2.08. The number of benzene rings is 1. The van der Waals surface area contributed by atoms with Crippen molar-refractivity contribution in [3.8, 4) is 0 Å². The molecule has 1 atom stereocenters. The van der Waals surface area contributed by atoms with Crippen molar-refractivity contribution in [3.05, 3.63) is 35.9 Å². The zero-order valence-corrected chi connectivity index (χ0v) is 17.8. The molecule has 160 valence electrons. The normalized spacial score (nSPS) is 20.3. The molecule has 1 aromatic rings. The summed E-state index contributed by atoms with van der Waals surface area (Å²) in [5.41, 5.74) is 0.979. The molecule has 0 bridgehead atoms. The van der Waals surface area contributed by atoms with Gasteiger partial charge in [-0.1, -0.05) is 37.3 Å². The van der Waals surface area contributed by atoms with Gasteiger partial charge in [0.1, 0.15) is 6.61 Å². The second-order valence-electron chi connectivity index (χ2n) is 8.61. The summed E-state index contributed by atoms with van der Waals surface area (Å²) >= 11 is 0. The molecule has 1 aromatic carbocycles. The van der Waals surface area contributed by atoms with E-state index in [0.717, 1.165) is 24.6 Å². The zero-order chi connectivity index (χ0) is 20.6. The molecule has 0 saturated carbocycles. The lowest BCUT2D eigenvalue weighted by molar-refractivity contribution is -0.126. The number of nitrogens with one attached hydrogen (secondary N) is 1. The Morgan fingerprint density at radius 3 is 2.38 bits per heavy atom. The average Bonchev–Trinajstić information content (AvgIpc) is 2.77. The lowest BCUT2D eigenvalue weighted by atomic mass is 9.96. The fourth-order valence-electron chi connectivity index (χ4n) is 4.13. The molecule has 2 aliphatic rings. The summed E-state index contributed by atoms with van der Waals surface area (Å²) in [4.78, 5) is 29.0. The highest BCUT2D eigenvalue weighted by Gasteiger charge is 2.28. The summed E-state index contributed by atoms with van der Waals surface area (Å²) in [6.07, 6.45) is 3.60. The van der Waals surface area contributed by atoms with E-state index in [4.69, 9.17) is 4.74 Å². The Morgan fingerprint density at radius 2 is 1.72 bits per heavy atom. The van der Waals surface area contributed by atoms with Gasteiger partial charge >= 0.3 is 6.09 Å². The third-order valence-corrected chi connectivity index (χ3v) is 6.34. The van der Waals surface area contributed by atoms with Gasteiger partial charge in [0.15, 0.2) is 0 Å². The molecule has 0 spiro atoms. The number of nitrogens with zero attached hydrogens (tertiary/aromatic N) is 2. The molecule has 0 radical (unpaired) electrons. The Kier molecular flexibility index (Phi) is 7.92. The second kappa shape index (κ2) is 10.6. The van der Waals surface area contributed by atoms with E-state index >= 15 is 0 Å². The first kappa shape index (κ1) is 21.6. The van der Waals surface area contributed by atoms with Gasteiger partial charge in [-0.3, -0.25) is 9.69 Å². The lowest BCUT2D eigenvalue weighted by Gasteiger charge is -2.35. The maximum Gasteiger partial charge on any atom is 0.410 e. The number of hydrogen-bond donors (Lipinski definition) is 1. The van der Waals surface area contributed by atoms with Crippen LogP contribution in [0.3, 0.4) is 0 Å². The number of carbonyl (C=O) groups excluding carboxylic acids is 2. The molecule has 1 N–H and O–H groups in total. The van der Waals surface area contributed by atoms with E-state index in [2.05, 4.69) is 24.1 Å². The van der Waals surface area contributed by atoms with E-state index in [-0.39, 0.29) is 24.5 Å². The van der Waals surface area contributed by atoms with Crippen molar-refractivity contribution >= 4 is 12.0 Å². The predicted octanol–water partition coefficient (Wildman–Crippen LogP) is 3.27. The summed E-state index contributed by atoms with van der Waals surface area (Å²) in [5.74, 6) is 0.930. The molecule has 2 saturated heterocycles. The minimum absolute atomic E-state index is 0.0123. The van der Waals surface area contributed by atoms with Crippen LogP contribution in [0.25, 0.3) is 0 Å². The molecule has 0 aromatic heterocycles. The van der Waals surface area contributed by atoms with E-state index in [1.165, 1.54) is 12.8 Å². The third kappa shape index (κ3) is 6.46. The van der Waals surface area contributed by atoms with Crippen LogP contribution in [-0.2, 0) is 16.1 Å². The van der Waals surface area contributed by atoms with Crippen molar-refractivity contribution in [2.75, 3.05) is 32.7 Å². The maximum atomic E-state index is 12.6. The number of likely N-dealkylation sites (tertiary alicyclic amines) is 2. The highest BCUT2D eigenvalue weighted by atomic mass is 16.6. The SMILES string of the molecule is CC1CCN(C(C)CNC(=O)C2CCN(C(=O)OCc3ccccc3)CC2)CC1. The first-order chi connectivity index (χ1) is 14.0. The molecular formula is C23H35N3O3. The zero-order valence-electron chi connectivity index (χ0n) is 17.8. The van der Waals surface area contributed by atoms with Crippen molar-refractivity contribution in [2.24, 2.45) is 11.8 Å². The maximum absolute atomic E-state index is 12.6. The quantitative estimate of drug-likeness (QED) is 0.795. The molecule has 2 amide bonds. The highest BCUT2D eigenvalue weighted by molar-refractivity contribution is 5.79. The van der Waals surface area contributed by atoms with Crippen LogP contribution < -0.4 is 5.32 Å². The minimum atomic E-state index is -0.291. The fourth-order valence-corrected chi connectivity index (χ4v) is 4.13. The van der Waals surface area contributed by atoms with Gasteiger partial charge in [-0.2, -0.15) is 0 Å². The van der Waals surface area contributed by atoms with E-state index in [1.54, 1.807) is 4.90 Å². The Balaban J connectivity index is 1.34. The fraction of sp³-hybridized carbons (Fsp3) is 0.652. The van der Waals surface area contributed by atoms with Crippen molar-refractivity contribution in [2.45, 2.75) is 52.2 Å². The van der Waals surface area contributed by atoms with Gasteiger partial charge in [0.05, 0.1) is 0 Å². The van der Waals surface area contributed by atoms with Crippen LogP contribution in [0.15, 0.2) is 30.3 Å². The molecule has 6 heteroatoms. The van der Waals surface area contributed by atoms with E-state index in [9.17, 15) is 9.59 Å². The highest BCUT2D eigenvalue weighted by Crippen LogP contribution is 2.20. The van der Waals surface area contributed by atoms with Crippen LogP contribution in [0, 0.1) is 11.8 Å². The van der Waals surface area contributed by atoms with Gasteiger partial charge in [-0.15, -0.1) is 0 Å². The number of hydrogen-bond acceptors (Lipinski definition) is 4. The van der Waals surface area contributed by atoms with Crippen LogP contribution >= 0.6 is 0 Å². The Morgan fingerprint density at radius 1 is 1.07 bits per heavy atom. The van der Waals surface area contributed by atoms with Crippen LogP contribution in [-0.4, -0.2) is 60.6 Å². The monoisotopic (exact) mass is 401 g/mol. The van der Waals surface area contributed by atoms with Crippen LogP contribution in [0.1, 0.15) is 45.1 Å². The number of carbonyl (C=O) groups is 2. The Labute approximate surface area is 174 Å². The van der Waals surface area contributed by atoms with E-state index in [1.807, 2.05) is 30.3 Å². The van der Waals surface area contributed by atoms with Gasteiger partial charge in [-0.25, -0.2) is 4.79 Å². The summed E-state index contributed by atoms with van der Waals surface area (Å²) in [7, 11) is 0. The average molecular weight is 402 g/mol. The molecule has 2 aliphatic heterocycles. The van der Waals surface area contributed by atoms with Crippen LogP contribution in [0.5, 0.6) is 0 Å². The van der Waals surface area contributed by atoms with Gasteiger partial charge in [0.2, 0.25) is 5.91 Å². The number of amides is 2. The van der Waals surface area contributed by atoms with Crippen molar-refractivity contribution < 1.29 is 14.3 Å². The predicted molar refractivity (Wildman–Crippen MR) is 113 cm³/mol. The largest absolute Gasteiger partial charge is 0.445 e. The number of rotatable bonds is 6. The van der Waals surface area contributed by atoms with Gasteiger partial charge < -0.3 is 15.0 Å². The second-order valence-corrected chi connectivity index (χ2v) is 8.61. The van der Waals surface area contributed by atoms with Crippen LogP contribution in [0.4, 0.5) is 4.79 Å². The minimum Gasteiger partial charge on any atom is -0.445 e. The summed E-state index contributed by atoms with van der Waals surface area (Å²) in [6.45, 7) is 8.90. The lowest BCUT2D eigenvalue weighted by Crippen LogP contribution is -2.48. The van der Waals surface area contributed by atoms with Gasteiger partial charge in [-0.05, 0) is 57.2 Å². The first-order valence-electron chi connectivity index (χ1n) is 11.0. The van der Waals surface area contributed by atoms with Crippen molar-refractivity contribution in [1.82, 2.24) is 15.1 Å². The smallest absolute Gasteiger partial charge is 0.410 e. The summed E-state index contributed by atoms with van der Waals surface area (Å²) < 4.78 is 5.40. The summed E-state index contributed by atoms with van der Waals surface area (Å²) in [6, 6.07) is 10.1. The number of ether oxygens (including phenoxy) is 1. The summed E-state index contributed by atoms with van der Waals surface area (Å²) in [5, 5.41) is 3.14. The molecule has 3 rings (SSSR count). The molecule has 0 aliphatic carbocycles. The topological polar surface area (TPSA) is 61.9 Å². The third-order valence-electron chi connectivity index (χ3n) is 6.34. The Bertz CT molecular complexity index is 651. The van der Waals surface area contributed by atoms with Crippen molar-refractivity contribution in [3.63, 3.8) is 0 Å². The van der Waals surface area contributed by atoms with Gasteiger partial charge in [0.25, 0.3) is 0 Å². The molecule has 1 unspecified atom stereocenters. The molecule has 2 heterocycles.